The summed E-state index contributed by atoms with van der Waals surface area (Å²) in [4.78, 5) is 2.19. The summed E-state index contributed by atoms with van der Waals surface area (Å²) in [6, 6.07) is 36.2. The molecule has 7 aromatic rings. The van der Waals surface area contributed by atoms with Gasteiger partial charge in [0.15, 0.2) is 0 Å². The van der Waals surface area contributed by atoms with Gasteiger partial charge in [0.25, 0.3) is 0 Å². The van der Waals surface area contributed by atoms with Crippen LogP contribution in [0.15, 0.2) is 143 Å². The summed E-state index contributed by atoms with van der Waals surface area (Å²) in [5, 5.41) is 7.89. The largest absolute Gasteiger partial charge is 0.455 e. The van der Waals surface area contributed by atoms with Crippen LogP contribution in [0, 0.1) is 0 Å². The summed E-state index contributed by atoms with van der Waals surface area (Å²) in [5.41, 5.74) is 10.3. The van der Waals surface area contributed by atoms with Crippen molar-refractivity contribution in [3.8, 4) is 22.3 Å². The lowest BCUT2D eigenvalue weighted by Gasteiger charge is -2.20. The molecule has 0 aliphatic carbocycles. The molecule has 5 aromatic carbocycles. The van der Waals surface area contributed by atoms with Gasteiger partial charge in [0, 0.05) is 34.1 Å². The van der Waals surface area contributed by atoms with Crippen LogP contribution in [0.1, 0.15) is 5.56 Å². The maximum atomic E-state index is 6.47. The molecule has 2 aliphatic rings. The van der Waals surface area contributed by atoms with Gasteiger partial charge in [-0.2, -0.15) is 0 Å². The van der Waals surface area contributed by atoms with Gasteiger partial charge in [-0.25, -0.2) is 0 Å². The van der Waals surface area contributed by atoms with Crippen LogP contribution in [-0.2, 0) is 0 Å². The predicted molar refractivity (Wildman–Crippen MR) is 167 cm³/mol. The Kier molecular flexibility index (Phi) is 4.64. The van der Waals surface area contributed by atoms with E-state index in [1.165, 1.54) is 16.7 Å². The van der Waals surface area contributed by atoms with Gasteiger partial charge in [0.2, 0.25) is 0 Å². The zero-order valence-electron chi connectivity index (χ0n) is 22.0. The number of hydrogen-bond acceptors (Lipinski definition) is 4. The zero-order valence-corrected chi connectivity index (χ0v) is 22.0. The summed E-state index contributed by atoms with van der Waals surface area (Å²) >= 11 is 0. The molecule has 2 aliphatic heterocycles. The lowest BCUT2D eigenvalue weighted by atomic mass is 9.96. The van der Waals surface area contributed by atoms with E-state index in [9.17, 15) is 0 Å². The number of nitrogens with zero attached hydrogens (tertiary/aromatic N) is 1. The smallest absolute Gasteiger partial charge is 0.147 e. The molecule has 0 radical (unpaired) electrons. The first-order chi connectivity index (χ1) is 20.3. The minimum atomic E-state index is 0.194. The molecule has 9 rings (SSSR count). The molecule has 1 atom stereocenters. The molecule has 4 heterocycles. The fourth-order valence-corrected chi connectivity index (χ4v) is 6.22. The minimum Gasteiger partial charge on any atom is -0.455 e. The van der Waals surface area contributed by atoms with Gasteiger partial charge in [-0.05, 0) is 52.6 Å². The average Bonchev–Trinajstić information content (AvgIpc) is 3.74. The standard InChI is InChI=1S/C37H24N2O2/c1-3-9-32-27(7-1)30-21-29(36-35(37(30)40-32)28-8-2-4-10-33(28)41-36)25-16-12-23(13-17-25)24-14-18-26(19-15-24)31-22-39-20-6-5-11-34(39)38-31/h1-22,34,38H. The Morgan fingerprint density at radius 2 is 1.22 bits per heavy atom. The topological polar surface area (TPSA) is 41.6 Å². The van der Waals surface area contributed by atoms with Crippen molar-refractivity contribution in [2.45, 2.75) is 6.17 Å². The zero-order chi connectivity index (χ0) is 26.9. The Morgan fingerprint density at radius 3 is 1.98 bits per heavy atom. The number of benzene rings is 5. The van der Waals surface area contributed by atoms with Crippen molar-refractivity contribution >= 4 is 49.6 Å². The maximum Gasteiger partial charge on any atom is 0.147 e. The highest BCUT2D eigenvalue weighted by Crippen LogP contribution is 2.44. The molecule has 0 saturated heterocycles. The molecule has 0 spiro atoms. The Labute approximate surface area is 236 Å². The number of allylic oxidation sites excluding steroid dienone is 2. The van der Waals surface area contributed by atoms with Crippen LogP contribution in [0.4, 0.5) is 0 Å². The van der Waals surface area contributed by atoms with Crippen LogP contribution in [0.3, 0.4) is 0 Å². The lowest BCUT2D eigenvalue weighted by Crippen LogP contribution is -2.31. The van der Waals surface area contributed by atoms with Crippen LogP contribution in [0.25, 0.3) is 71.8 Å². The van der Waals surface area contributed by atoms with Gasteiger partial charge in [-0.15, -0.1) is 0 Å². The lowest BCUT2D eigenvalue weighted by molar-refractivity contribution is 0.427. The van der Waals surface area contributed by atoms with Crippen LogP contribution in [0.2, 0.25) is 0 Å². The van der Waals surface area contributed by atoms with E-state index >= 15 is 0 Å². The van der Waals surface area contributed by atoms with Crippen LogP contribution >= 0.6 is 0 Å². The molecule has 0 bridgehead atoms. The molecule has 1 N–H and O–H groups in total. The monoisotopic (exact) mass is 528 g/mol. The van der Waals surface area contributed by atoms with Gasteiger partial charge in [-0.1, -0.05) is 91.0 Å². The van der Waals surface area contributed by atoms with Gasteiger partial charge in [0.1, 0.15) is 28.5 Å². The van der Waals surface area contributed by atoms with Gasteiger partial charge >= 0.3 is 0 Å². The Morgan fingerprint density at radius 1 is 0.585 bits per heavy atom. The predicted octanol–water partition coefficient (Wildman–Crippen LogP) is 9.43. The summed E-state index contributed by atoms with van der Waals surface area (Å²) in [5.74, 6) is 0. The molecule has 1 unspecified atom stereocenters. The number of nitrogens with one attached hydrogen (secondary N) is 1. The number of hydrogen-bond donors (Lipinski definition) is 1. The molecule has 0 fully saturated rings. The first kappa shape index (κ1) is 22.3. The normalized spacial score (nSPS) is 16.1. The van der Waals surface area contributed by atoms with E-state index in [-0.39, 0.29) is 6.17 Å². The van der Waals surface area contributed by atoms with E-state index in [0.29, 0.717) is 0 Å². The van der Waals surface area contributed by atoms with Gasteiger partial charge in [-0.3, -0.25) is 0 Å². The highest BCUT2D eigenvalue weighted by atomic mass is 16.3. The highest BCUT2D eigenvalue weighted by Gasteiger charge is 2.22. The van der Waals surface area contributed by atoms with E-state index in [0.717, 1.165) is 60.7 Å². The van der Waals surface area contributed by atoms with E-state index < -0.39 is 0 Å². The second-order valence-corrected chi connectivity index (χ2v) is 10.7. The van der Waals surface area contributed by atoms with Crippen LogP contribution in [0.5, 0.6) is 0 Å². The summed E-state index contributed by atoms with van der Waals surface area (Å²) in [6.07, 6.45) is 10.7. The number of furan rings is 2. The Bertz CT molecular complexity index is 2230. The van der Waals surface area contributed by atoms with Crippen LogP contribution < -0.4 is 5.32 Å². The fourth-order valence-electron chi connectivity index (χ4n) is 6.22. The van der Waals surface area contributed by atoms with E-state index in [1.807, 2.05) is 24.3 Å². The van der Waals surface area contributed by atoms with Crippen molar-refractivity contribution in [2.75, 3.05) is 0 Å². The molecule has 41 heavy (non-hydrogen) atoms. The van der Waals surface area contributed by atoms with Crippen LogP contribution in [-0.4, -0.2) is 11.1 Å². The van der Waals surface area contributed by atoms with Gasteiger partial charge in [0.05, 0.1) is 11.1 Å². The van der Waals surface area contributed by atoms with Crippen molar-refractivity contribution in [1.29, 1.82) is 0 Å². The quantitative estimate of drug-likeness (QED) is 0.248. The van der Waals surface area contributed by atoms with Gasteiger partial charge < -0.3 is 19.1 Å². The second kappa shape index (κ2) is 8.51. The summed E-state index contributed by atoms with van der Waals surface area (Å²) < 4.78 is 12.9. The molecule has 0 amide bonds. The van der Waals surface area contributed by atoms with Crippen molar-refractivity contribution in [3.63, 3.8) is 0 Å². The van der Waals surface area contributed by atoms with E-state index in [2.05, 4.69) is 120 Å². The fraction of sp³-hybridized carbons (Fsp3) is 0.0270. The summed E-state index contributed by atoms with van der Waals surface area (Å²) in [7, 11) is 0. The van der Waals surface area contributed by atoms with Crippen molar-refractivity contribution in [3.05, 3.63) is 139 Å². The second-order valence-electron chi connectivity index (χ2n) is 10.7. The van der Waals surface area contributed by atoms with E-state index in [1.54, 1.807) is 0 Å². The highest BCUT2D eigenvalue weighted by molar-refractivity contribution is 6.25. The molecule has 4 heteroatoms. The van der Waals surface area contributed by atoms with Crippen molar-refractivity contribution in [2.24, 2.45) is 0 Å². The average molecular weight is 529 g/mol. The summed E-state index contributed by atoms with van der Waals surface area (Å²) in [6.45, 7) is 0. The Balaban J connectivity index is 1.12. The first-order valence-corrected chi connectivity index (χ1v) is 13.9. The number of para-hydroxylation sites is 2. The molecule has 0 saturated carbocycles. The molecule has 4 nitrogen and oxygen atoms in total. The molecule has 194 valence electrons. The third-order valence-corrected chi connectivity index (χ3v) is 8.28. The minimum absolute atomic E-state index is 0.194. The third kappa shape index (κ3) is 3.41. The Hall–Kier alpha value is -5.48. The van der Waals surface area contributed by atoms with Crippen molar-refractivity contribution in [1.82, 2.24) is 10.2 Å². The van der Waals surface area contributed by atoms with Crippen molar-refractivity contribution < 1.29 is 8.83 Å². The number of fused-ring (bicyclic) bond motifs is 8. The van der Waals surface area contributed by atoms with E-state index in [4.69, 9.17) is 8.83 Å². The maximum absolute atomic E-state index is 6.47. The molecule has 2 aromatic heterocycles. The molecular formula is C37H24N2O2. The first-order valence-electron chi connectivity index (χ1n) is 13.9. The number of rotatable bonds is 3. The molecular weight excluding hydrogens is 504 g/mol. The third-order valence-electron chi connectivity index (χ3n) is 8.28. The SMILES string of the molecule is C1=CC2NC(c3ccc(-c4ccc(-c5cc6c7ccccc7oc6c6c5oc5ccccc56)cc4)cc3)=CN2C=C1.